The molecule has 3 rings (SSSR count). The lowest BCUT2D eigenvalue weighted by Crippen LogP contribution is -2.39. The third kappa shape index (κ3) is 5.47. The lowest BCUT2D eigenvalue weighted by Gasteiger charge is -2.22. The summed E-state index contributed by atoms with van der Waals surface area (Å²) < 4.78 is 79.7. The molecule has 3 amide bonds. The second-order valence-corrected chi connectivity index (χ2v) is 6.71. The van der Waals surface area contributed by atoms with E-state index >= 15 is 0 Å². The smallest absolute Gasteiger partial charge is 0.349 e. The van der Waals surface area contributed by atoms with Crippen molar-refractivity contribution in [2.24, 2.45) is 0 Å². The van der Waals surface area contributed by atoms with Crippen LogP contribution in [0.4, 0.5) is 37.0 Å². The van der Waals surface area contributed by atoms with Gasteiger partial charge in [-0.3, -0.25) is 10.1 Å². The van der Waals surface area contributed by atoms with Crippen LogP contribution in [0.15, 0.2) is 34.9 Å². The highest BCUT2D eigenvalue weighted by Crippen LogP contribution is 2.31. The Morgan fingerprint density at radius 2 is 1.52 bits per heavy atom. The van der Waals surface area contributed by atoms with Crippen molar-refractivity contribution in [3.8, 4) is 0 Å². The molecule has 1 aromatic heterocycles. The first-order valence-corrected chi connectivity index (χ1v) is 9.01. The zero-order valence-corrected chi connectivity index (χ0v) is 15.8. The highest BCUT2D eigenvalue weighted by Gasteiger charge is 2.36. The fraction of sp³-hybridized carbons (Fsp3) is 0.389. The predicted octanol–water partition coefficient (Wildman–Crippen LogP) is 4.09. The Morgan fingerprint density at radius 1 is 0.903 bits per heavy atom. The molecule has 31 heavy (non-hydrogen) atoms. The molecule has 0 unspecified atom stereocenters. The van der Waals surface area contributed by atoms with Crippen LogP contribution in [0, 0.1) is 0 Å². The fourth-order valence-electron chi connectivity index (χ4n) is 2.96. The molecular formula is C18H16F6N4O3. The molecule has 7 nitrogen and oxygen atoms in total. The van der Waals surface area contributed by atoms with Crippen LogP contribution >= 0.6 is 0 Å². The van der Waals surface area contributed by atoms with Gasteiger partial charge in [-0.1, -0.05) is 5.16 Å². The van der Waals surface area contributed by atoms with Crippen molar-refractivity contribution in [2.45, 2.75) is 18.8 Å². The van der Waals surface area contributed by atoms with Gasteiger partial charge in [-0.05, 0) is 30.7 Å². The van der Waals surface area contributed by atoms with Gasteiger partial charge in [0.1, 0.15) is 0 Å². The first kappa shape index (κ1) is 22.4. The molecule has 168 valence electrons. The molecule has 1 saturated heterocycles. The second-order valence-electron chi connectivity index (χ2n) is 6.71. The van der Waals surface area contributed by atoms with Gasteiger partial charge in [0.05, 0.1) is 5.56 Å². The minimum Gasteiger partial charge on any atom is -0.349 e. The van der Waals surface area contributed by atoms with E-state index in [2.05, 4.69) is 15.0 Å². The SMILES string of the molecule is O=C(Nc1cc(C(F)(F)F)on1)N1CCCN(C(=O)c2ccc(C(F)(F)F)cc2)CC1. The van der Waals surface area contributed by atoms with Gasteiger partial charge in [-0.25, -0.2) is 4.79 Å². The molecule has 0 aliphatic carbocycles. The quantitative estimate of drug-likeness (QED) is 0.700. The summed E-state index contributed by atoms with van der Waals surface area (Å²) in [6, 6.07) is 3.64. The summed E-state index contributed by atoms with van der Waals surface area (Å²) in [5.41, 5.74) is -0.794. The first-order chi connectivity index (χ1) is 14.4. The van der Waals surface area contributed by atoms with Gasteiger partial charge in [0, 0.05) is 37.8 Å². The van der Waals surface area contributed by atoms with Gasteiger partial charge < -0.3 is 14.3 Å². The lowest BCUT2D eigenvalue weighted by atomic mass is 10.1. The summed E-state index contributed by atoms with van der Waals surface area (Å²) in [4.78, 5) is 27.6. The molecule has 1 aliphatic rings. The molecule has 0 radical (unpaired) electrons. The van der Waals surface area contributed by atoms with E-state index in [-0.39, 0.29) is 31.7 Å². The van der Waals surface area contributed by atoms with Crippen molar-refractivity contribution in [3.63, 3.8) is 0 Å². The number of carbonyl (C=O) groups excluding carboxylic acids is 2. The van der Waals surface area contributed by atoms with Crippen LogP contribution in [0.3, 0.4) is 0 Å². The number of nitrogens with zero attached hydrogens (tertiary/aromatic N) is 3. The molecule has 0 saturated carbocycles. The number of hydrogen-bond acceptors (Lipinski definition) is 4. The van der Waals surface area contributed by atoms with Crippen molar-refractivity contribution in [1.29, 1.82) is 0 Å². The van der Waals surface area contributed by atoms with Crippen molar-refractivity contribution >= 4 is 17.8 Å². The van der Waals surface area contributed by atoms with Gasteiger partial charge in [-0.15, -0.1) is 0 Å². The van der Waals surface area contributed by atoms with Crippen molar-refractivity contribution in [1.82, 2.24) is 15.0 Å². The van der Waals surface area contributed by atoms with E-state index in [0.29, 0.717) is 12.5 Å². The average molecular weight is 450 g/mol. The Balaban J connectivity index is 1.59. The van der Waals surface area contributed by atoms with Gasteiger partial charge in [0.2, 0.25) is 5.76 Å². The summed E-state index contributed by atoms with van der Waals surface area (Å²) in [5, 5.41) is 5.35. The third-order valence-electron chi connectivity index (χ3n) is 4.55. The van der Waals surface area contributed by atoms with Crippen LogP contribution in [-0.4, -0.2) is 53.1 Å². The number of hydrogen-bond donors (Lipinski definition) is 1. The summed E-state index contributed by atoms with van der Waals surface area (Å²) in [6.07, 6.45) is -8.88. The zero-order chi connectivity index (χ0) is 22.8. The van der Waals surface area contributed by atoms with Crippen molar-refractivity contribution < 1.29 is 40.5 Å². The summed E-state index contributed by atoms with van der Waals surface area (Å²) in [7, 11) is 0. The molecule has 0 atom stereocenters. The lowest BCUT2D eigenvalue weighted by molar-refractivity contribution is -0.155. The number of halogens is 6. The Morgan fingerprint density at radius 3 is 2.10 bits per heavy atom. The molecule has 2 heterocycles. The van der Waals surface area contributed by atoms with E-state index in [9.17, 15) is 35.9 Å². The Hall–Kier alpha value is -3.25. The number of anilines is 1. The normalized spacial score (nSPS) is 15.5. The second kappa shape index (κ2) is 8.47. The number of carbonyl (C=O) groups is 2. The Labute approximate surface area is 171 Å². The standard InChI is InChI=1S/C18H16F6N4O3/c19-17(20,21)12-4-2-11(3-5-12)15(29)27-6-1-7-28(9-8-27)16(30)25-14-10-13(31-26-14)18(22,23)24/h2-5,10H,1,6-9H2,(H,25,26,30). The number of alkyl halides is 6. The van der Waals surface area contributed by atoms with Gasteiger partial charge in [-0.2, -0.15) is 26.3 Å². The highest BCUT2D eigenvalue weighted by molar-refractivity contribution is 5.94. The number of urea groups is 1. The first-order valence-electron chi connectivity index (χ1n) is 9.01. The zero-order valence-electron chi connectivity index (χ0n) is 15.8. The molecule has 0 bridgehead atoms. The average Bonchev–Trinajstić information content (AvgIpc) is 3.03. The molecule has 1 N–H and O–H groups in total. The topological polar surface area (TPSA) is 78.7 Å². The minimum atomic E-state index is -4.74. The molecule has 1 fully saturated rings. The third-order valence-corrected chi connectivity index (χ3v) is 4.55. The summed E-state index contributed by atoms with van der Waals surface area (Å²) >= 11 is 0. The number of rotatable bonds is 2. The number of benzene rings is 1. The Bertz CT molecular complexity index is 939. The van der Waals surface area contributed by atoms with Crippen LogP contribution in [0.2, 0.25) is 0 Å². The van der Waals surface area contributed by atoms with Gasteiger partial charge in [0.15, 0.2) is 5.82 Å². The van der Waals surface area contributed by atoms with Crippen LogP contribution in [-0.2, 0) is 12.4 Å². The van der Waals surface area contributed by atoms with E-state index in [0.717, 1.165) is 24.3 Å². The highest BCUT2D eigenvalue weighted by atomic mass is 19.4. The number of nitrogens with one attached hydrogen (secondary N) is 1. The molecule has 0 spiro atoms. The maximum atomic E-state index is 12.7. The summed E-state index contributed by atoms with van der Waals surface area (Å²) in [6.45, 7) is 0.639. The molecular weight excluding hydrogens is 434 g/mol. The molecule has 1 aromatic carbocycles. The van der Waals surface area contributed by atoms with E-state index < -0.39 is 41.4 Å². The van der Waals surface area contributed by atoms with Gasteiger partial charge >= 0.3 is 18.4 Å². The van der Waals surface area contributed by atoms with E-state index in [1.165, 1.54) is 9.80 Å². The van der Waals surface area contributed by atoms with Crippen LogP contribution in [0.25, 0.3) is 0 Å². The van der Waals surface area contributed by atoms with Crippen LogP contribution < -0.4 is 5.32 Å². The maximum absolute atomic E-state index is 12.7. The van der Waals surface area contributed by atoms with E-state index in [4.69, 9.17) is 0 Å². The molecule has 1 aliphatic heterocycles. The van der Waals surface area contributed by atoms with Crippen molar-refractivity contribution in [3.05, 3.63) is 47.2 Å². The number of aromatic nitrogens is 1. The largest absolute Gasteiger partial charge is 0.452 e. The molecule has 2 aromatic rings. The maximum Gasteiger partial charge on any atom is 0.452 e. The van der Waals surface area contributed by atoms with Crippen molar-refractivity contribution in [2.75, 3.05) is 31.5 Å². The minimum absolute atomic E-state index is 0.0716. The fourth-order valence-corrected chi connectivity index (χ4v) is 2.96. The van der Waals surface area contributed by atoms with E-state index in [1.54, 1.807) is 0 Å². The van der Waals surface area contributed by atoms with E-state index in [1.807, 2.05) is 0 Å². The number of amides is 3. The monoisotopic (exact) mass is 450 g/mol. The molecule has 13 heteroatoms. The van der Waals surface area contributed by atoms with Gasteiger partial charge in [0.25, 0.3) is 5.91 Å². The van der Waals surface area contributed by atoms with Crippen LogP contribution in [0.5, 0.6) is 0 Å². The predicted molar refractivity (Wildman–Crippen MR) is 94.1 cm³/mol. The Kier molecular flexibility index (Phi) is 6.13. The summed E-state index contributed by atoms with van der Waals surface area (Å²) in [5.74, 6) is -2.24. The van der Waals surface area contributed by atoms with Crippen LogP contribution in [0.1, 0.15) is 28.1 Å².